The van der Waals surface area contributed by atoms with Crippen molar-refractivity contribution in [1.29, 1.82) is 0 Å². The first-order valence-electron chi connectivity index (χ1n) is 11.1. The fourth-order valence-electron chi connectivity index (χ4n) is 4.11. The molecule has 4 rings (SSSR count). The first-order chi connectivity index (χ1) is 15.9. The van der Waals surface area contributed by atoms with Gasteiger partial charge in [-0.25, -0.2) is 9.07 Å². The number of likely N-dealkylation sites (tertiary alicyclic amines) is 1. The third kappa shape index (κ3) is 5.42. The van der Waals surface area contributed by atoms with Crippen molar-refractivity contribution in [2.75, 3.05) is 13.1 Å². The topological polar surface area (TPSA) is 93.0 Å². The molecular weight excluding hydrogens is 423 g/mol. The van der Waals surface area contributed by atoms with E-state index >= 15 is 0 Å². The molecule has 3 aromatic rings. The highest BCUT2D eigenvalue weighted by Crippen LogP contribution is 2.19. The number of hydrogen-bond donors (Lipinski definition) is 1. The molecule has 0 radical (unpaired) electrons. The summed E-state index contributed by atoms with van der Waals surface area (Å²) in [6.45, 7) is 4.84. The zero-order valence-electron chi connectivity index (χ0n) is 18.7. The van der Waals surface area contributed by atoms with Gasteiger partial charge in [0.15, 0.2) is 0 Å². The third-order valence-corrected chi connectivity index (χ3v) is 6.00. The van der Waals surface area contributed by atoms with Gasteiger partial charge in [-0.15, -0.1) is 5.10 Å². The molecule has 1 saturated heterocycles. The second kappa shape index (κ2) is 9.89. The number of nitrogens with zero attached hydrogens (tertiary/aromatic N) is 5. The summed E-state index contributed by atoms with van der Waals surface area (Å²) in [5, 5.41) is 14.6. The van der Waals surface area contributed by atoms with Gasteiger partial charge in [-0.3, -0.25) is 9.59 Å². The summed E-state index contributed by atoms with van der Waals surface area (Å²) in [4.78, 5) is 27.8. The predicted molar refractivity (Wildman–Crippen MR) is 120 cm³/mol. The lowest BCUT2D eigenvalue weighted by molar-refractivity contribution is -0.125. The maximum absolute atomic E-state index is 13.7. The second-order valence-corrected chi connectivity index (χ2v) is 8.46. The molecule has 1 aliphatic heterocycles. The Morgan fingerprint density at radius 3 is 2.48 bits per heavy atom. The van der Waals surface area contributed by atoms with E-state index in [-0.39, 0.29) is 30.1 Å². The van der Waals surface area contributed by atoms with Gasteiger partial charge in [0, 0.05) is 31.1 Å². The first-order valence-corrected chi connectivity index (χ1v) is 11.1. The lowest BCUT2D eigenvalue weighted by Gasteiger charge is -2.33. The minimum atomic E-state index is -0.700. The van der Waals surface area contributed by atoms with E-state index in [4.69, 9.17) is 0 Å². The van der Waals surface area contributed by atoms with Gasteiger partial charge in [-0.2, -0.15) is 0 Å². The smallest absolute Gasteiger partial charge is 0.253 e. The maximum Gasteiger partial charge on any atom is 0.253 e. The maximum atomic E-state index is 13.7. The van der Waals surface area contributed by atoms with Crippen molar-refractivity contribution in [3.8, 4) is 0 Å². The van der Waals surface area contributed by atoms with Gasteiger partial charge >= 0.3 is 0 Å². The van der Waals surface area contributed by atoms with Crippen molar-refractivity contribution in [2.45, 2.75) is 45.2 Å². The van der Waals surface area contributed by atoms with E-state index in [9.17, 15) is 14.0 Å². The number of amides is 2. The summed E-state index contributed by atoms with van der Waals surface area (Å²) >= 11 is 0. The van der Waals surface area contributed by atoms with Crippen LogP contribution in [0.4, 0.5) is 4.39 Å². The van der Waals surface area contributed by atoms with Crippen LogP contribution in [0.25, 0.3) is 0 Å². The highest BCUT2D eigenvalue weighted by Gasteiger charge is 2.29. The molecule has 2 aromatic carbocycles. The average molecular weight is 451 g/mol. The summed E-state index contributed by atoms with van der Waals surface area (Å²) in [7, 11) is 0. The Morgan fingerprint density at radius 1 is 1.12 bits per heavy atom. The number of halogens is 1. The highest BCUT2D eigenvalue weighted by molar-refractivity contribution is 5.94. The van der Waals surface area contributed by atoms with Crippen LogP contribution < -0.4 is 5.32 Å². The van der Waals surface area contributed by atoms with Crippen LogP contribution >= 0.6 is 0 Å². The van der Waals surface area contributed by atoms with Crippen LogP contribution in [0.5, 0.6) is 0 Å². The van der Waals surface area contributed by atoms with Crippen molar-refractivity contribution in [3.05, 3.63) is 76.9 Å². The standard InChI is InChI=1S/C24H27FN6O2/c1-16-6-8-19(9-7-16)24(33)30-12-10-21(11-13-30)26-23(32)22(31-17(2)27-28-29-31)15-18-4-3-5-20(25)14-18/h3-9,14,21-22H,10-13,15H2,1-2H3,(H,26,32). The molecular formula is C24H27FN6O2. The molecule has 9 heteroatoms. The van der Waals surface area contributed by atoms with E-state index in [2.05, 4.69) is 20.8 Å². The minimum absolute atomic E-state index is 0.00747. The largest absolute Gasteiger partial charge is 0.351 e. The van der Waals surface area contributed by atoms with Gasteiger partial charge in [0.1, 0.15) is 17.7 Å². The van der Waals surface area contributed by atoms with E-state index in [0.29, 0.717) is 42.9 Å². The number of carbonyl (C=O) groups is 2. The number of carbonyl (C=O) groups excluding carboxylic acids is 2. The predicted octanol–water partition coefficient (Wildman–Crippen LogP) is 2.63. The van der Waals surface area contributed by atoms with E-state index in [1.165, 1.54) is 16.8 Å². The second-order valence-electron chi connectivity index (χ2n) is 8.46. The lowest BCUT2D eigenvalue weighted by atomic mass is 10.0. The Kier molecular flexibility index (Phi) is 6.76. The van der Waals surface area contributed by atoms with Gasteiger partial charge < -0.3 is 10.2 Å². The number of aryl methyl sites for hydroxylation is 2. The SMILES string of the molecule is Cc1ccc(C(=O)N2CCC(NC(=O)C(Cc3cccc(F)c3)n3nnnc3C)CC2)cc1. The van der Waals surface area contributed by atoms with Gasteiger partial charge in [0.05, 0.1) is 0 Å². The van der Waals surface area contributed by atoms with Gasteiger partial charge in [-0.1, -0.05) is 29.8 Å². The molecule has 172 valence electrons. The molecule has 1 atom stereocenters. The number of piperidine rings is 1. The van der Waals surface area contributed by atoms with Crippen molar-refractivity contribution >= 4 is 11.8 Å². The monoisotopic (exact) mass is 450 g/mol. The Bertz CT molecular complexity index is 1120. The summed E-state index contributed by atoms with van der Waals surface area (Å²) in [5.74, 6) is -0.0678. The molecule has 2 heterocycles. The van der Waals surface area contributed by atoms with Gasteiger partial charge in [-0.05, 0) is 66.9 Å². The molecule has 0 spiro atoms. The first kappa shape index (κ1) is 22.6. The third-order valence-electron chi connectivity index (χ3n) is 6.00. The number of aromatic nitrogens is 4. The molecule has 1 fully saturated rings. The Morgan fingerprint density at radius 2 is 1.85 bits per heavy atom. The van der Waals surface area contributed by atoms with Crippen LogP contribution in [0, 0.1) is 19.7 Å². The summed E-state index contributed by atoms with van der Waals surface area (Å²) in [6.07, 6.45) is 1.58. The molecule has 0 saturated carbocycles. The Balaban J connectivity index is 1.40. The Labute approximate surface area is 191 Å². The quantitative estimate of drug-likeness (QED) is 0.623. The number of tetrazole rings is 1. The van der Waals surface area contributed by atoms with Crippen LogP contribution in [-0.2, 0) is 11.2 Å². The molecule has 1 unspecified atom stereocenters. The summed E-state index contributed by atoms with van der Waals surface area (Å²) < 4.78 is 15.1. The van der Waals surface area contributed by atoms with Crippen LogP contribution in [0.15, 0.2) is 48.5 Å². The zero-order chi connectivity index (χ0) is 23.4. The van der Waals surface area contributed by atoms with E-state index < -0.39 is 6.04 Å². The average Bonchev–Trinajstić information content (AvgIpc) is 3.23. The van der Waals surface area contributed by atoms with Crippen molar-refractivity contribution in [3.63, 3.8) is 0 Å². The number of rotatable bonds is 6. The van der Waals surface area contributed by atoms with E-state index in [1.807, 2.05) is 36.1 Å². The van der Waals surface area contributed by atoms with Crippen molar-refractivity contribution in [2.24, 2.45) is 0 Å². The summed E-state index contributed by atoms with van der Waals surface area (Å²) in [5.41, 5.74) is 2.47. The van der Waals surface area contributed by atoms with Gasteiger partial charge in [0.25, 0.3) is 5.91 Å². The molecule has 0 bridgehead atoms. The van der Waals surface area contributed by atoms with Crippen LogP contribution in [0.2, 0.25) is 0 Å². The van der Waals surface area contributed by atoms with E-state index in [0.717, 1.165) is 5.56 Å². The highest BCUT2D eigenvalue weighted by atomic mass is 19.1. The normalized spacial score (nSPS) is 15.3. The number of benzene rings is 2. The minimum Gasteiger partial charge on any atom is -0.351 e. The van der Waals surface area contributed by atoms with Crippen LogP contribution in [0.3, 0.4) is 0 Å². The number of nitrogens with one attached hydrogen (secondary N) is 1. The van der Waals surface area contributed by atoms with Crippen LogP contribution in [0.1, 0.15) is 46.2 Å². The molecule has 0 aliphatic carbocycles. The Hall–Kier alpha value is -3.62. The molecule has 2 amide bonds. The summed E-state index contributed by atoms with van der Waals surface area (Å²) in [6, 6.07) is 13.0. The molecule has 1 aromatic heterocycles. The van der Waals surface area contributed by atoms with Crippen molar-refractivity contribution in [1.82, 2.24) is 30.4 Å². The molecule has 8 nitrogen and oxygen atoms in total. The molecule has 1 aliphatic rings. The van der Waals surface area contributed by atoms with Crippen LogP contribution in [-0.4, -0.2) is 56.1 Å². The van der Waals surface area contributed by atoms with Crippen molar-refractivity contribution < 1.29 is 14.0 Å². The fourth-order valence-corrected chi connectivity index (χ4v) is 4.11. The number of hydrogen-bond acceptors (Lipinski definition) is 5. The van der Waals surface area contributed by atoms with Gasteiger partial charge in [0.2, 0.25) is 5.91 Å². The zero-order valence-corrected chi connectivity index (χ0v) is 18.7. The van der Waals surface area contributed by atoms with E-state index in [1.54, 1.807) is 19.1 Å². The molecule has 1 N–H and O–H groups in total. The lowest BCUT2D eigenvalue weighted by Crippen LogP contribution is -2.48. The molecule has 33 heavy (non-hydrogen) atoms. The fraction of sp³-hybridized carbons (Fsp3) is 0.375.